The molecule has 6 nitrogen and oxygen atoms in total. The minimum Gasteiger partial charge on any atom is -0.444 e. The van der Waals surface area contributed by atoms with Crippen LogP contribution in [0.2, 0.25) is 10.0 Å². The number of nitrogens with one attached hydrogen (secondary N) is 1. The van der Waals surface area contributed by atoms with Crippen LogP contribution in [0.25, 0.3) is 0 Å². The summed E-state index contributed by atoms with van der Waals surface area (Å²) in [5, 5.41) is 3.98. The molecule has 1 atom stereocenters. The second kappa shape index (κ2) is 10.8. The third-order valence-electron chi connectivity index (χ3n) is 5.54. The van der Waals surface area contributed by atoms with Gasteiger partial charge in [-0.15, -0.1) is 0 Å². The monoisotopic (exact) mass is 491 g/mol. The van der Waals surface area contributed by atoms with Crippen LogP contribution in [0.5, 0.6) is 0 Å². The van der Waals surface area contributed by atoms with Gasteiger partial charge in [-0.3, -0.25) is 9.69 Å². The summed E-state index contributed by atoms with van der Waals surface area (Å²) in [4.78, 5) is 29.1. The van der Waals surface area contributed by atoms with E-state index in [9.17, 15) is 9.59 Å². The van der Waals surface area contributed by atoms with Crippen molar-refractivity contribution in [2.24, 2.45) is 0 Å². The maximum absolute atomic E-state index is 12.8. The molecule has 1 aliphatic rings. The average molecular weight is 492 g/mol. The molecule has 8 heteroatoms. The molecule has 0 saturated carbocycles. The zero-order chi connectivity index (χ0) is 24.2. The molecular formula is C25H31Cl2N3O3. The Labute approximate surface area is 205 Å². The number of nitrogens with zero attached hydrogens (tertiary/aromatic N) is 2. The van der Waals surface area contributed by atoms with Crippen molar-refractivity contribution < 1.29 is 14.3 Å². The first kappa shape index (κ1) is 25.3. The maximum atomic E-state index is 12.8. The van der Waals surface area contributed by atoms with E-state index in [1.807, 2.05) is 69.3 Å². The summed E-state index contributed by atoms with van der Waals surface area (Å²) in [6, 6.07) is 15.0. The van der Waals surface area contributed by atoms with Gasteiger partial charge in [-0.2, -0.15) is 0 Å². The van der Waals surface area contributed by atoms with Crippen LogP contribution in [0.4, 0.5) is 4.79 Å². The second-order valence-electron chi connectivity index (χ2n) is 9.21. The van der Waals surface area contributed by atoms with Crippen LogP contribution < -0.4 is 5.32 Å². The summed E-state index contributed by atoms with van der Waals surface area (Å²) >= 11 is 12.7. The smallest absolute Gasteiger partial charge is 0.410 e. The van der Waals surface area contributed by atoms with Crippen molar-refractivity contribution >= 4 is 35.2 Å². The highest BCUT2D eigenvalue weighted by molar-refractivity contribution is 6.31. The Balaban J connectivity index is 1.98. The maximum Gasteiger partial charge on any atom is 0.410 e. The number of hydrogen-bond acceptors (Lipinski definition) is 4. The first-order valence-corrected chi connectivity index (χ1v) is 11.8. The number of amides is 2. The van der Waals surface area contributed by atoms with Gasteiger partial charge in [0.25, 0.3) is 0 Å². The summed E-state index contributed by atoms with van der Waals surface area (Å²) in [5.41, 5.74) is 1.41. The van der Waals surface area contributed by atoms with Crippen LogP contribution in [-0.2, 0) is 9.53 Å². The molecule has 0 aromatic heterocycles. The van der Waals surface area contributed by atoms with E-state index in [4.69, 9.17) is 27.9 Å². The molecule has 0 radical (unpaired) electrons. The standard InChI is InChI=1S/C25H31Cl2N3O3/c1-25(2,3)33-24(32)29-11-12-30(21(16-29)15-22(31)28-4)23(17-7-5-9-19(26)13-17)18-8-6-10-20(27)14-18/h5-10,13-14,21,23H,11-12,15-16H2,1-4H3,(H,28,31). The molecule has 33 heavy (non-hydrogen) atoms. The Morgan fingerprint density at radius 1 is 1.06 bits per heavy atom. The van der Waals surface area contributed by atoms with Crippen LogP contribution >= 0.6 is 23.2 Å². The number of hydrogen-bond donors (Lipinski definition) is 1. The van der Waals surface area contributed by atoms with Crippen molar-refractivity contribution in [2.45, 2.75) is 44.9 Å². The van der Waals surface area contributed by atoms with E-state index in [1.165, 1.54) is 0 Å². The zero-order valence-electron chi connectivity index (χ0n) is 19.5. The predicted molar refractivity (Wildman–Crippen MR) is 132 cm³/mol. The summed E-state index contributed by atoms with van der Waals surface area (Å²) in [5.74, 6) is -0.0908. The van der Waals surface area contributed by atoms with Crippen molar-refractivity contribution in [3.8, 4) is 0 Å². The van der Waals surface area contributed by atoms with Gasteiger partial charge in [-0.05, 0) is 56.2 Å². The first-order valence-electron chi connectivity index (χ1n) is 11.0. The highest BCUT2D eigenvalue weighted by atomic mass is 35.5. The summed E-state index contributed by atoms with van der Waals surface area (Å²) < 4.78 is 5.59. The number of benzene rings is 2. The van der Waals surface area contributed by atoms with Gasteiger partial charge < -0.3 is 15.0 Å². The van der Waals surface area contributed by atoms with E-state index in [-0.39, 0.29) is 30.5 Å². The van der Waals surface area contributed by atoms with Crippen LogP contribution in [0.15, 0.2) is 48.5 Å². The molecular weight excluding hydrogens is 461 g/mol. The number of carbonyl (C=O) groups excluding carboxylic acids is 2. The predicted octanol–water partition coefficient (Wildman–Crippen LogP) is 5.14. The molecule has 1 N–H and O–H groups in total. The van der Waals surface area contributed by atoms with Crippen molar-refractivity contribution in [3.63, 3.8) is 0 Å². The van der Waals surface area contributed by atoms with Crippen LogP contribution in [0, 0.1) is 0 Å². The van der Waals surface area contributed by atoms with Crippen molar-refractivity contribution in [3.05, 3.63) is 69.7 Å². The number of rotatable bonds is 5. The van der Waals surface area contributed by atoms with E-state index < -0.39 is 5.60 Å². The minimum atomic E-state index is -0.589. The third kappa shape index (κ3) is 6.85. The van der Waals surface area contributed by atoms with E-state index >= 15 is 0 Å². The molecule has 1 fully saturated rings. The van der Waals surface area contributed by atoms with Gasteiger partial charge in [-0.25, -0.2) is 4.79 Å². The van der Waals surface area contributed by atoms with Crippen LogP contribution in [0.3, 0.4) is 0 Å². The van der Waals surface area contributed by atoms with Crippen LogP contribution in [-0.4, -0.2) is 60.1 Å². The lowest BCUT2D eigenvalue weighted by Crippen LogP contribution is -2.57. The largest absolute Gasteiger partial charge is 0.444 e. The van der Waals surface area contributed by atoms with Crippen molar-refractivity contribution in [1.29, 1.82) is 0 Å². The quantitative estimate of drug-likeness (QED) is 0.628. The number of ether oxygens (including phenoxy) is 1. The Bertz CT molecular complexity index is 947. The molecule has 1 unspecified atom stereocenters. The molecule has 3 rings (SSSR count). The lowest BCUT2D eigenvalue weighted by Gasteiger charge is -2.45. The third-order valence-corrected chi connectivity index (χ3v) is 6.01. The van der Waals surface area contributed by atoms with Gasteiger partial charge in [0.1, 0.15) is 5.60 Å². The fourth-order valence-electron chi connectivity index (χ4n) is 4.13. The summed E-state index contributed by atoms with van der Waals surface area (Å²) in [6.45, 7) is 6.95. The average Bonchev–Trinajstić information content (AvgIpc) is 2.73. The van der Waals surface area contributed by atoms with E-state index in [0.717, 1.165) is 11.1 Å². The topological polar surface area (TPSA) is 61.9 Å². The number of halogens is 2. The van der Waals surface area contributed by atoms with Gasteiger partial charge in [0.2, 0.25) is 5.91 Å². The number of carbonyl (C=O) groups is 2. The fraction of sp³-hybridized carbons (Fsp3) is 0.440. The normalized spacial score (nSPS) is 17.2. The first-order chi connectivity index (χ1) is 15.6. The number of piperazine rings is 1. The summed E-state index contributed by atoms with van der Waals surface area (Å²) in [7, 11) is 1.62. The molecule has 0 aliphatic carbocycles. The molecule has 1 aliphatic heterocycles. The molecule has 0 bridgehead atoms. The lowest BCUT2D eigenvalue weighted by molar-refractivity contribution is -0.122. The molecule has 1 saturated heterocycles. The molecule has 1 heterocycles. The Morgan fingerprint density at radius 3 is 2.12 bits per heavy atom. The van der Waals surface area contributed by atoms with Gasteiger partial charge in [0.15, 0.2) is 0 Å². The molecule has 2 aromatic rings. The summed E-state index contributed by atoms with van der Waals surface area (Å²) in [6.07, 6.45) is -0.126. The molecule has 178 valence electrons. The zero-order valence-corrected chi connectivity index (χ0v) is 21.0. The van der Waals surface area contributed by atoms with Crippen molar-refractivity contribution in [2.75, 3.05) is 26.7 Å². The Kier molecular flexibility index (Phi) is 8.27. The minimum absolute atomic E-state index is 0.0908. The van der Waals surface area contributed by atoms with Gasteiger partial charge in [0, 0.05) is 49.2 Å². The van der Waals surface area contributed by atoms with Gasteiger partial charge in [0.05, 0.1) is 6.04 Å². The Morgan fingerprint density at radius 2 is 1.64 bits per heavy atom. The van der Waals surface area contributed by atoms with E-state index in [2.05, 4.69) is 10.2 Å². The highest BCUT2D eigenvalue weighted by Crippen LogP contribution is 2.35. The van der Waals surface area contributed by atoms with Crippen LogP contribution in [0.1, 0.15) is 44.4 Å². The molecule has 2 amide bonds. The molecule has 2 aromatic carbocycles. The van der Waals surface area contributed by atoms with Crippen molar-refractivity contribution in [1.82, 2.24) is 15.1 Å². The lowest BCUT2D eigenvalue weighted by atomic mass is 9.93. The fourth-order valence-corrected chi connectivity index (χ4v) is 4.53. The van der Waals surface area contributed by atoms with Gasteiger partial charge >= 0.3 is 6.09 Å². The highest BCUT2D eigenvalue weighted by Gasteiger charge is 2.37. The molecule has 0 spiro atoms. The van der Waals surface area contributed by atoms with E-state index in [0.29, 0.717) is 29.7 Å². The SMILES string of the molecule is CNC(=O)CC1CN(C(=O)OC(C)(C)C)CCN1C(c1cccc(Cl)c1)c1cccc(Cl)c1. The Hall–Kier alpha value is -2.28. The second-order valence-corrected chi connectivity index (χ2v) is 10.1. The van der Waals surface area contributed by atoms with E-state index in [1.54, 1.807) is 11.9 Å². The van der Waals surface area contributed by atoms with Gasteiger partial charge in [-0.1, -0.05) is 47.5 Å².